The van der Waals surface area contributed by atoms with Gasteiger partial charge in [0.05, 0.1) is 17.7 Å². The van der Waals surface area contributed by atoms with Crippen molar-refractivity contribution in [3.63, 3.8) is 0 Å². The van der Waals surface area contributed by atoms with E-state index >= 15 is 0 Å². The Hall–Kier alpha value is -2.66. The molecule has 0 atom stereocenters. The number of aryl methyl sites for hydroxylation is 1. The average Bonchev–Trinajstić information content (AvgIpc) is 2.75. The molecule has 0 bridgehead atoms. The second-order valence-corrected chi connectivity index (χ2v) is 6.95. The highest BCUT2D eigenvalue weighted by Gasteiger charge is 2.25. The minimum atomic E-state index is -0.391. The van der Waals surface area contributed by atoms with E-state index in [4.69, 9.17) is 15.5 Å². The Kier molecular flexibility index (Phi) is 8.87. The van der Waals surface area contributed by atoms with E-state index in [1.165, 1.54) is 0 Å². The summed E-state index contributed by atoms with van der Waals surface area (Å²) in [5.41, 5.74) is 3.09. The minimum absolute atomic E-state index is 0.181. The van der Waals surface area contributed by atoms with Crippen LogP contribution in [0.5, 0.6) is 5.75 Å². The minimum Gasteiger partial charge on any atom is -0.462 e. The lowest BCUT2D eigenvalue weighted by Crippen LogP contribution is -2.17. The standard InChI is InChI=1S/C24H31NO4/c1-4-7-8-9-12-18-19(24(27)28-6-3)16-15-17(5-2)22(18)23(26)20-13-10-11-14-21(20)29-25/h10-11,13-16H,4-9,12,25H2,1-3H3. The number of ether oxygens (including phenoxy) is 1. The van der Waals surface area contributed by atoms with E-state index in [1.807, 2.05) is 13.0 Å². The van der Waals surface area contributed by atoms with Gasteiger partial charge < -0.3 is 9.57 Å². The first kappa shape index (κ1) is 22.6. The Labute approximate surface area is 173 Å². The highest BCUT2D eigenvalue weighted by atomic mass is 16.6. The zero-order valence-electron chi connectivity index (χ0n) is 17.6. The number of rotatable bonds is 11. The topological polar surface area (TPSA) is 78.6 Å². The number of carbonyl (C=O) groups excluding carboxylic acids is 2. The zero-order valence-corrected chi connectivity index (χ0v) is 17.6. The Bertz CT molecular complexity index is 845. The maximum atomic E-state index is 13.6. The molecule has 0 aliphatic heterocycles. The lowest BCUT2D eigenvalue weighted by molar-refractivity contribution is 0.0525. The van der Waals surface area contributed by atoms with E-state index < -0.39 is 5.97 Å². The first-order valence-electron chi connectivity index (χ1n) is 10.4. The molecule has 5 heteroatoms. The van der Waals surface area contributed by atoms with Gasteiger partial charge in [0.1, 0.15) is 0 Å². The quantitative estimate of drug-likeness (QED) is 0.249. The maximum Gasteiger partial charge on any atom is 0.338 e. The number of hydrogen-bond acceptors (Lipinski definition) is 5. The number of hydrogen-bond donors (Lipinski definition) is 1. The third kappa shape index (κ3) is 5.45. The summed E-state index contributed by atoms with van der Waals surface area (Å²) in [5, 5.41) is 0. The van der Waals surface area contributed by atoms with Crippen LogP contribution in [0.3, 0.4) is 0 Å². The van der Waals surface area contributed by atoms with Crippen molar-refractivity contribution < 1.29 is 19.2 Å². The molecule has 2 aromatic rings. The molecule has 0 aliphatic rings. The summed E-state index contributed by atoms with van der Waals surface area (Å²) in [6.07, 6.45) is 5.52. The van der Waals surface area contributed by atoms with Crippen LogP contribution >= 0.6 is 0 Å². The van der Waals surface area contributed by atoms with Gasteiger partial charge in [0, 0.05) is 5.56 Å². The molecule has 2 rings (SSSR count). The summed E-state index contributed by atoms with van der Waals surface area (Å²) in [7, 11) is 0. The van der Waals surface area contributed by atoms with Crippen LogP contribution in [-0.2, 0) is 17.6 Å². The van der Waals surface area contributed by atoms with Gasteiger partial charge >= 0.3 is 5.97 Å². The summed E-state index contributed by atoms with van der Waals surface area (Å²) in [5.74, 6) is 5.13. The Balaban J connectivity index is 2.61. The van der Waals surface area contributed by atoms with Gasteiger partial charge in [-0.25, -0.2) is 4.79 Å². The maximum absolute atomic E-state index is 13.6. The van der Waals surface area contributed by atoms with Gasteiger partial charge in [-0.2, -0.15) is 5.90 Å². The summed E-state index contributed by atoms with van der Waals surface area (Å²) >= 11 is 0. The van der Waals surface area contributed by atoms with Crippen LogP contribution in [0.25, 0.3) is 0 Å². The van der Waals surface area contributed by atoms with Crippen LogP contribution in [0.1, 0.15) is 83.9 Å². The monoisotopic (exact) mass is 397 g/mol. The van der Waals surface area contributed by atoms with E-state index in [1.54, 1.807) is 37.3 Å². The molecule has 29 heavy (non-hydrogen) atoms. The molecule has 0 aliphatic carbocycles. The molecule has 0 heterocycles. The van der Waals surface area contributed by atoms with Crippen LogP contribution < -0.4 is 10.7 Å². The second-order valence-electron chi connectivity index (χ2n) is 6.95. The fourth-order valence-electron chi connectivity index (χ4n) is 3.55. The van der Waals surface area contributed by atoms with Crippen molar-refractivity contribution in [2.24, 2.45) is 5.90 Å². The summed E-state index contributed by atoms with van der Waals surface area (Å²) in [6.45, 7) is 6.22. The van der Waals surface area contributed by atoms with Gasteiger partial charge in [0.2, 0.25) is 0 Å². The van der Waals surface area contributed by atoms with E-state index in [-0.39, 0.29) is 12.4 Å². The van der Waals surface area contributed by atoms with Gasteiger partial charge in [-0.05, 0) is 55.5 Å². The van der Waals surface area contributed by atoms with E-state index in [9.17, 15) is 9.59 Å². The predicted molar refractivity (Wildman–Crippen MR) is 114 cm³/mol. The van der Waals surface area contributed by atoms with Gasteiger partial charge in [-0.3, -0.25) is 4.79 Å². The van der Waals surface area contributed by atoms with Crippen LogP contribution in [-0.4, -0.2) is 18.4 Å². The largest absolute Gasteiger partial charge is 0.462 e. The van der Waals surface area contributed by atoms with Crippen LogP contribution in [0, 0.1) is 0 Å². The number of nitrogens with two attached hydrogens (primary N) is 1. The highest BCUT2D eigenvalue weighted by molar-refractivity contribution is 6.13. The average molecular weight is 398 g/mol. The molecule has 0 amide bonds. The molecule has 0 fully saturated rings. The number of esters is 1. The van der Waals surface area contributed by atoms with Crippen LogP contribution in [0.4, 0.5) is 0 Å². The van der Waals surface area contributed by atoms with Crippen LogP contribution in [0.2, 0.25) is 0 Å². The number of unbranched alkanes of at least 4 members (excludes halogenated alkanes) is 3. The van der Waals surface area contributed by atoms with E-state index in [0.717, 1.165) is 36.8 Å². The summed E-state index contributed by atoms with van der Waals surface area (Å²) in [6, 6.07) is 10.5. The Morgan fingerprint density at radius 3 is 2.34 bits per heavy atom. The lowest BCUT2D eigenvalue weighted by Gasteiger charge is -2.18. The van der Waals surface area contributed by atoms with Crippen molar-refractivity contribution in [1.82, 2.24) is 0 Å². The normalized spacial score (nSPS) is 10.6. The van der Waals surface area contributed by atoms with Gasteiger partial charge in [0.15, 0.2) is 11.5 Å². The molecule has 5 nitrogen and oxygen atoms in total. The number of benzene rings is 2. The van der Waals surface area contributed by atoms with Crippen molar-refractivity contribution in [1.29, 1.82) is 0 Å². The lowest BCUT2D eigenvalue weighted by atomic mass is 9.86. The SMILES string of the molecule is CCCCCCc1c(C(=O)OCC)ccc(CC)c1C(=O)c1ccccc1ON. The van der Waals surface area contributed by atoms with Crippen LogP contribution in [0.15, 0.2) is 36.4 Å². The fourth-order valence-corrected chi connectivity index (χ4v) is 3.55. The first-order chi connectivity index (χ1) is 14.1. The van der Waals surface area contributed by atoms with Gasteiger partial charge in [-0.15, -0.1) is 0 Å². The van der Waals surface area contributed by atoms with Crippen molar-refractivity contribution >= 4 is 11.8 Å². The number of carbonyl (C=O) groups is 2. The molecule has 0 radical (unpaired) electrons. The van der Waals surface area contributed by atoms with Crippen molar-refractivity contribution in [2.45, 2.75) is 59.3 Å². The van der Waals surface area contributed by atoms with Crippen molar-refractivity contribution in [3.8, 4) is 5.75 Å². The van der Waals surface area contributed by atoms with E-state index in [0.29, 0.717) is 35.3 Å². The number of ketones is 1. The molecular weight excluding hydrogens is 366 g/mol. The molecule has 156 valence electrons. The van der Waals surface area contributed by atoms with Crippen molar-refractivity contribution in [3.05, 3.63) is 64.2 Å². The second kappa shape index (κ2) is 11.4. The molecule has 0 unspecified atom stereocenters. The number of para-hydroxylation sites is 1. The van der Waals surface area contributed by atoms with Crippen molar-refractivity contribution in [2.75, 3.05) is 6.61 Å². The predicted octanol–water partition coefficient (Wildman–Crippen LogP) is 5.03. The first-order valence-corrected chi connectivity index (χ1v) is 10.4. The summed E-state index contributed by atoms with van der Waals surface area (Å²) < 4.78 is 5.26. The van der Waals surface area contributed by atoms with Gasteiger partial charge in [0.25, 0.3) is 0 Å². The molecule has 0 spiro atoms. The Morgan fingerprint density at radius 2 is 1.69 bits per heavy atom. The van der Waals surface area contributed by atoms with E-state index in [2.05, 4.69) is 6.92 Å². The molecular formula is C24H31NO4. The third-order valence-electron chi connectivity index (χ3n) is 5.04. The molecule has 0 aromatic heterocycles. The zero-order chi connectivity index (χ0) is 21.2. The molecule has 2 N–H and O–H groups in total. The van der Waals surface area contributed by atoms with Gasteiger partial charge in [-0.1, -0.05) is 51.3 Å². The Morgan fingerprint density at radius 1 is 0.931 bits per heavy atom. The highest BCUT2D eigenvalue weighted by Crippen LogP contribution is 2.29. The molecule has 2 aromatic carbocycles. The summed E-state index contributed by atoms with van der Waals surface area (Å²) in [4.78, 5) is 31.1. The third-order valence-corrected chi connectivity index (χ3v) is 5.04. The fraction of sp³-hybridized carbons (Fsp3) is 0.417. The smallest absolute Gasteiger partial charge is 0.338 e. The molecule has 0 saturated heterocycles. The molecule has 0 saturated carbocycles.